The third-order valence-electron chi connectivity index (χ3n) is 6.70. The second-order valence-electron chi connectivity index (χ2n) is 9.65. The second kappa shape index (κ2) is 10.4. The fraction of sp³-hybridized carbons (Fsp3) is 0.161. The number of pyridine rings is 3. The molecule has 6 nitrogen and oxygen atoms in total. The van der Waals surface area contributed by atoms with Crippen molar-refractivity contribution in [1.82, 2.24) is 15.0 Å². The van der Waals surface area contributed by atoms with Crippen molar-refractivity contribution >= 4 is 16.8 Å². The van der Waals surface area contributed by atoms with Gasteiger partial charge in [-0.15, -0.1) is 0 Å². The van der Waals surface area contributed by atoms with Gasteiger partial charge in [0.15, 0.2) is 23.1 Å². The van der Waals surface area contributed by atoms with Crippen LogP contribution in [0.3, 0.4) is 0 Å². The van der Waals surface area contributed by atoms with Gasteiger partial charge >= 0.3 is 0 Å². The summed E-state index contributed by atoms with van der Waals surface area (Å²) in [7, 11) is 0. The summed E-state index contributed by atoms with van der Waals surface area (Å²) < 4.78 is 48.5. The number of carbonyl (C=O) groups is 1. The standard InChI is InChI=1S/C31H24F3N3O3/c1-15-11-20(32)6-7-21(15)27-17(3)36-18(4)28(30(27)39)24(38)14-19-5-8-25(22(33)13-19)40-26-9-10-35-23-12-16(2)31(34)37-29(23)26/h5-13H,14H2,1-4H3,(H,36,39). The first kappa shape index (κ1) is 26.8. The van der Waals surface area contributed by atoms with Crippen LogP contribution in [0, 0.1) is 45.3 Å². The number of benzene rings is 2. The first-order valence-corrected chi connectivity index (χ1v) is 12.4. The summed E-state index contributed by atoms with van der Waals surface area (Å²) in [5.74, 6) is -2.38. The highest BCUT2D eigenvalue weighted by atomic mass is 19.1. The topological polar surface area (TPSA) is 84.9 Å². The van der Waals surface area contributed by atoms with Crippen LogP contribution in [-0.4, -0.2) is 20.7 Å². The van der Waals surface area contributed by atoms with Crippen molar-refractivity contribution in [2.45, 2.75) is 34.1 Å². The minimum Gasteiger partial charge on any atom is -0.452 e. The Labute approximate surface area is 227 Å². The summed E-state index contributed by atoms with van der Waals surface area (Å²) in [5, 5.41) is 0. The predicted molar refractivity (Wildman–Crippen MR) is 145 cm³/mol. The smallest absolute Gasteiger partial charge is 0.216 e. The minimum absolute atomic E-state index is 0.0447. The van der Waals surface area contributed by atoms with E-state index in [1.165, 1.54) is 48.7 Å². The molecule has 0 radical (unpaired) electrons. The summed E-state index contributed by atoms with van der Waals surface area (Å²) in [4.78, 5) is 37.9. The Bertz CT molecular complexity index is 1880. The molecule has 0 saturated carbocycles. The molecule has 0 aliphatic carbocycles. The van der Waals surface area contributed by atoms with Crippen molar-refractivity contribution in [3.8, 4) is 22.6 Å². The van der Waals surface area contributed by atoms with E-state index in [1.54, 1.807) is 27.7 Å². The van der Waals surface area contributed by atoms with Gasteiger partial charge in [-0.1, -0.05) is 12.1 Å². The first-order chi connectivity index (χ1) is 19.0. The molecule has 0 aliphatic heterocycles. The molecule has 0 spiro atoms. The number of ether oxygens (including phenoxy) is 1. The molecule has 0 bridgehead atoms. The van der Waals surface area contributed by atoms with Crippen molar-refractivity contribution in [1.29, 1.82) is 0 Å². The molecule has 0 fully saturated rings. The highest BCUT2D eigenvalue weighted by molar-refractivity contribution is 5.99. The van der Waals surface area contributed by atoms with Gasteiger partial charge in [-0.3, -0.25) is 14.6 Å². The molecule has 1 N–H and O–H groups in total. The van der Waals surface area contributed by atoms with Crippen LogP contribution in [0.25, 0.3) is 22.2 Å². The largest absolute Gasteiger partial charge is 0.452 e. The third-order valence-corrected chi connectivity index (χ3v) is 6.70. The maximum absolute atomic E-state index is 15.1. The fourth-order valence-electron chi connectivity index (χ4n) is 4.77. The van der Waals surface area contributed by atoms with Crippen molar-refractivity contribution < 1.29 is 22.7 Å². The Morgan fingerprint density at radius 1 is 0.900 bits per heavy atom. The zero-order chi connectivity index (χ0) is 28.7. The lowest BCUT2D eigenvalue weighted by molar-refractivity contribution is 0.0991. The SMILES string of the molecule is Cc1cc(F)ccc1-c1c(C)[nH]c(C)c(C(=O)Cc2ccc(Oc3ccnc4cc(C)c(F)nc34)c(F)c2)c1=O. The van der Waals surface area contributed by atoms with Gasteiger partial charge in [0.2, 0.25) is 11.4 Å². The van der Waals surface area contributed by atoms with E-state index < -0.39 is 28.8 Å². The number of Topliss-reactive ketones (excluding diaryl/α,β-unsaturated/α-hetero) is 1. The van der Waals surface area contributed by atoms with Crippen molar-refractivity contribution in [3.63, 3.8) is 0 Å². The van der Waals surface area contributed by atoms with Crippen LogP contribution in [0.5, 0.6) is 11.5 Å². The van der Waals surface area contributed by atoms with E-state index in [0.717, 1.165) is 6.07 Å². The van der Waals surface area contributed by atoms with Crippen LogP contribution < -0.4 is 10.2 Å². The van der Waals surface area contributed by atoms with Gasteiger partial charge in [-0.2, -0.15) is 4.39 Å². The number of nitrogens with zero attached hydrogens (tertiary/aromatic N) is 2. The molecule has 0 aliphatic rings. The third kappa shape index (κ3) is 4.98. The molecule has 202 valence electrons. The van der Waals surface area contributed by atoms with Crippen LogP contribution >= 0.6 is 0 Å². The van der Waals surface area contributed by atoms with E-state index >= 15 is 4.39 Å². The van der Waals surface area contributed by atoms with Gasteiger partial charge in [-0.05, 0) is 74.7 Å². The summed E-state index contributed by atoms with van der Waals surface area (Å²) in [6, 6.07) is 11.1. The number of halogens is 3. The van der Waals surface area contributed by atoms with Gasteiger partial charge in [0, 0.05) is 41.2 Å². The number of carbonyl (C=O) groups excluding carboxylic acids is 1. The Kier molecular flexibility index (Phi) is 6.97. The zero-order valence-electron chi connectivity index (χ0n) is 22.2. The maximum Gasteiger partial charge on any atom is 0.216 e. The number of fused-ring (bicyclic) bond motifs is 1. The number of nitrogens with one attached hydrogen (secondary N) is 1. The lowest BCUT2D eigenvalue weighted by atomic mass is 9.93. The number of hydrogen-bond acceptors (Lipinski definition) is 5. The van der Waals surface area contributed by atoms with E-state index in [4.69, 9.17) is 4.74 Å². The molecular formula is C31H24F3N3O3. The summed E-state index contributed by atoms with van der Waals surface area (Å²) >= 11 is 0. The first-order valence-electron chi connectivity index (χ1n) is 12.4. The molecular weight excluding hydrogens is 519 g/mol. The molecule has 0 saturated heterocycles. The van der Waals surface area contributed by atoms with Crippen molar-refractivity contribution in [2.24, 2.45) is 0 Å². The number of aryl methyl sites for hydroxylation is 4. The van der Waals surface area contributed by atoms with Crippen molar-refractivity contribution in [3.05, 3.63) is 116 Å². The molecule has 2 aromatic carbocycles. The molecule has 5 rings (SSSR count). The van der Waals surface area contributed by atoms with E-state index in [1.807, 2.05) is 0 Å². The summed E-state index contributed by atoms with van der Waals surface area (Å²) in [6.07, 6.45) is 1.21. The minimum atomic E-state index is -0.750. The fourth-order valence-corrected chi connectivity index (χ4v) is 4.77. The van der Waals surface area contributed by atoms with Crippen LogP contribution in [0.15, 0.2) is 59.5 Å². The predicted octanol–water partition coefficient (Wildman–Crippen LogP) is 6.85. The highest BCUT2D eigenvalue weighted by Crippen LogP contribution is 2.31. The highest BCUT2D eigenvalue weighted by Gasteiger charge is 2.22. The number of aromatic nitrogens is 3. The van der Waals surface area contributed by atoms with Crippen LogP contribution in [0.1, 0.15) is 38.4 Å². The van der Waals surface area contributed by atoms with Crippen LogP contribution in [0.4, 0.5) is 13.2 Å². The number of rotatable bonds is 6. The number of H-pyrrole nitrogens is 1. The normalized spacial score (nSPS) is 11.2. The molecule has 3 heterocycles. The number of ketones is 1. The van der Waals surface area contributed by atoms with Crippen LogP contribution in [0.2, 0.25) is 0 Å². The van der Waals surface area contributed by atoms with Gasteiger partial charge in [0.25, 0.3) is 0 Å². The number of aromatic amines is 1. The molecule has 0 atom stereocenters. The summed E-state index contributed by atoms with van der Waals surface area (Å²) in [5.41, 5.74) is 2.96. The molecule has 0 amide bonds. The van der Waals surface area contributed by atoms with Crippen molar-refractivity contribution in [2.75, 3.05) is 0 Å². The Hall–Kier alpha value is -4.79. The second-order valence-corrected chi connectivity index (χ2v) is 9.65. The quantitative estimate of drug-likeness (QED) is 0.187. The molecule has 40 heavy (non-hydrogen) atoms. The summed E-state index contributed by atoms with van der Waals surface area (Å²) in [6.45, 7) is 6.59. The molecule has 5 aromatic rings. The van der Waals surface area contributed by atoms with E-state index in [2.05, 4.69) is 15.0 Å². The van der Waals surface area contributed by atoms with Gasteiger partial charge in [0.05, 0.1) is 11.1 Å². The van der Waals surface area contributed by atoms with E-state index in [0.29, 0.717) is 39.2 Å². The molecule has 9 heteroatoms. The van der Waals surface area contributed by atoms with Crippen LogP contribution in [-0.2, 0) is 6.42 Å². The van der Waals surface area contributed by atoms with Gasteiger partial charge in [0.1, 0.15) is 11.3 Å². The Morgan fingerprint density at radius 2 is 1.68 bits per heavy atom. The van der Waals surface area contributed by atoms with Gasteiger partial charge < -0.3 is 9.72 Å². The lowest BCUT2D eigenvalue weighted by Gasteiger charge is -2.14. The lowest BCUT2D eigenvalue weighted by Crippen LogP contribution is -2.23. The van der Waals surface area contributed by atoms with Gasteiger partial charge in [-0.25, -0.2) is 13.8 Å². The molecule has 3 aromatic heterocycles. The Morgan fingerprint density at radius 3 is 2.40 bits per heavy atom. The molecule has 0 unspecified atom stereocenters. The van der Waals surface area contributed by atoms with E-state index in [-0.39, 0.29) is 34.6 Å². The zero-order valence-corrected chi connectivity index (χ0v) is 22.2. The monoisotopic (exact) mass is 543 g/mol. The average Bonchev–Trinajstić information content (AvgIpc) is 2.87. The number of hydrogen-bond donors (Lipinski definition) is 1. The maximum atomic E-state index is 15.1. The Balaban J connectivity index is 1.44. The average molecular weight is 544 g/mol. The van der Waals surface area contributed by atoms with E-state index in [9.17, 15) is 18.4 Å².